The first-order valence-electron chi connectivity index (χ1n) is 12.2. The lowest BCUT2D eigenvalue weighted by Crippen LogP contribution is -2.32. The topological polar surface area (TPSA) is 96.9 Å². The highest BCUT2D eigenvalue weighted by atomic mass is 79.9. The lowest BCUT2D eigenvalue weighted by atomic mass is 10.0. The molecule has 0 aliphatic rings. The van der Waals surface area contributed by atoms with Crippen molar-refractivity contribution < 1.29 is 17.9 Å². The van der Waals surface area contributed by atoms with Gasteiger partial charge in [-0.25, -0.2) is 18.6 Å². The number of rotatable bonds is 11. The standard InChI is InChI=1S/C30H28BrN3O4S/c1-22-11-17-27(18-12-22)39(36,37)34-28(24-7-3-2-4-8-24)19-30(35)33-32-20-25-9-5-6-10-29(25)38-21-23-13-15-26(31)16-14-23/h2-18,20,28,34H,19,21H2,1H3,(H,33,35)/b32-20-/t28-/m1/s1. The lowest BCUT2D eigenvalue weighted by molar-refractivity contribution is -0.121. The summed E-state index contributed by atoms with van der Waals surface area (Å²) in [5.41, 5.74) is 5.82. The molecule has 0 saturated heterocycles. The number of nitrogens with zero attached hydrogens (tertiary/aromatic N) is 1. The van der Waals surface area contributed by atoms with E-state index in [0.29, 0.717) is 23.5 Å². The van der Waals surface area contributed by atoms with E-state index in [1.165, 1.54) is 6.21 Å². The van der Waals surface area contributed by atoms with Gasteiger partial charge in [0.25, 0.3) is 0 Å². The van der Waals surface area contributed by atoms with Gasteiger partial charge in [-0.15, -0.1) is 0 Å². The minimum absolute atomic E-state index is 0.132. The SMILES string of the molecule is Cc1ccc(S(=O)(=O)N[C@H](CC(=O)N/N=C\c2ccccc2OCc2ccc(Br)cc2)c2ccccc2)cc1. The second-order valence-electron chi connectivity index (χ2n) is 8.85. The number of carbonyl (C=O) groups excluding carboxylic acids is 1. The van der Waals surface area contributed by atoms with Crippen LogP contribution < -0.4 is 14.9 Å². The fourth-order valence-electron chi connectivity index (χ4n) is 3.75. The largest absolute Gasteiger partial charge is 0.488 e. The third-order valence-electron chi connectivity index (χ3n) is 5.84. The fraction of sp³-hybridized carbons (Fsp3) is 0.133. The number of nitrogens with one attached hydrogen (secondary N) is 2. The number of benzene rings is 4. The number of ether oxygens (including phenoxy) is 1. The van der Waals surface area contributed by atoms with Gasteiger partial charge in [-0.1, -0.05) is 88.2 Å². The summed E-state index contributed by atoms with van der Waals surface area (Å²) >= 11 is 3.42. The van der Waals surface area contributed by atoms with Crippen molar-refractivity contribution in [2.24, 2.45) is 5.10 Å². The number of hydrazone groups is 1. The second kappa shape index (κ2) is 13.3. The molecule has 0 aliphatic heterocycles. The molecule has 0 unspecified atom stereocenters. The molecule has 0 spiro atoms. The zero-order chi connectivity index (χ0) is 27.7. The first-order chi connectivity index (χ1) is 18.8. The van der Waals surface area contributed by atoms with E-state index < -0.39 is 22.0 Å². The van der Waals surface area contributed by atoms with E-state index in [0.717, 1.165) is 15.6 Å². The van der Waals surface area contributed by atoms with Gasteiger partial charge in [0, 0.05) is 16.5 Å². The average Bonchev–Trinajstić information content (AvgIpc) is 2.93. The molecule has 7 nitrogen and oxygen atoms in total. The van der Waals surface area contributed by atoms with Crippen LogP contribution in [0.5, 0.6) is 5.75 Å². The Balaban J connectivity index is 1.42. The molecule has 0 saturated carbocycles. The van der Waals surface area contributed by atoms with Gasteiger partial charge in [-0.3, -0.25) is 4.79 Å². The van der Waals surface area contributed by atoms with Crippen LogP contribution in [0.15, 0.2) is 118 Å². The molecule has 200 valence electrons. The summed E-state index contributed by atoms with van der Waals surface area (Å²) in [5.74, 6) is 0.173. The molecule has 0 aromatic heterocycles. The van der Waals surface area contributed by atoms with Gasteiger partial charge < -0.3 is 4.74 Å². The van der Waals surface area contributed by atoms with E-state index in [1.54, 1.807) is 48.5 Å². The van der Waals surface area contributed by atoms with Gasteiger partial charge in [-0.2, -0.15) is 5.10 Å². The van der Waals surface area contributed by atoms with Crippen LogP contribution >= 0.6 is 15.9 Å². The zero-order valence-corrected chi connectivity index (χ0v) is 23.7. The summed E-state index contributed by atoms with van der Waals surface area (Å²) in [6.07, 6.45) is 1.36. The smallest absolute Gasteiger partial charge is 0.242 e. The van der Waals surface area contributed by atoms with E-state index >= 15 is 0 Å². The summed E-state index contributed by atoms with van der Waals surface area (Å²) in [7, 11) is -3.86. The molecule has 4 aromatic rings. The van der Waals surface area contributed by atoms with Crippen molar-refractivity contribution in [2.45, 2.75) is 30.9 Å². The van der Waals surface area contributed by atoms with Gasteiger partial charge in [0.05, 0.1) is 17.2 Å². The average molecular weight is 607 g/mol. The number of para-hydroxylation sites is 1. The van der Waals surface area contributed by atoms with E-state index in [9.17, 15) is 13.2 Å². The lowest BCUT2D eigenvalue weighted by Gasteiger charge is -2.18. The Kier molecular flexibility index (Phi) is 9.64. The Hall–Kier alpha value is -3.79. The maximum atomic E-state index is 13.0. The van der Waals surface area contributed by atoms with Crippen molar-refractivity contribution in [2.75, 3.05) is 0 Å². The van der Waals surface area contributed by atoms with E-state index in [4.69, 9.17) is 4.74 Å². The second-order valence-corrected chi connectivity index (χ2v) is 11.5. The molecular weight excluding hydrogens is 578 g/mol. The summed E-state index contributed by atoms with van der Waals surface area (Å²) in [4.78, 5) is 12.9. The Morgan fingerprint density at radius 3 is 2.31 bits per heavy atom. The quantitative estimate of drug-likeness (QED) is 0.164. The van der Waals surface area contributed by atoms with Crippen LogP contribution in [0, 0.1) is 6.92 Å². The van der Waals surface area contributed by atoms with E-state index in [-0.39, 0.29) is 11.3 Å². The molecule has 2 N–H and O–H groups in total. The molecule has 0 fully saturated rings. The third-order valence-corrected chi connectivity index (χ3v) is 7.86. The number of carbonyl (C=O) groups is 1. The summed E-state index contributed by atoms with van der Waals surface area (Å²) in [5, 5.41) is 4.09. The predicted octanol–water partition coefficient (Wildman–Crippen LogP) is 5.90. The number of hydrogen-bond acceptors (Lipinski definition) is 5. The summed E-state index contributed by atoms with van der Waals surface area (Å²) in [6.45, 7) is 2.26. The van der Waals surface area contributed by atoms with Gasteiger partial charge in [-0.05, 0) is 54.4 Å². The van der Waals surface area contributed by atoms with Crippen molar-refractivity contribution in [1.29, 1.82) is 0 Å². The van der Waals surface area contributed by atoms with Crippen molar-refractivity contribution in [3.8, 4) is 5.75 Å². The van der Waals surface area contributed by atoms with Crippen LogP contribution in [-0.2, 0) is 21.4 Å². The maximum Gasteiger partial charge on any atom is 0.242 e. The van der Waals surface area contributed by atoms with Crippen LogP contribution in [0.1, 0.15) is 34.7 Å². The van der Waals surface area contributed by atoms with Gasteiger partial charge in [0.15, 0.2) is 0 Å². The van der Waals surface area contributed by atoms with Crippen molar-refractivity contribution in [3.05, 3.63) is 130 Å². The first kappa shape index (κ1) is 28.2. The molecule has 4 rings (SSSR count). The molecule has 1 atom stereocenters. The molecule has 39 heavy (non-hydrogen) atoms. The number of aryl methyl sites for hydroxylation is 1. The third kappa shape index (κ3) is 8.35. The zero-order valence-electron chi connectivity index (χ0n) is 21.3. The Bertz CT molecular complexity index is 1520. The molecule has 0 heterocycles. The monoisotopic (exact) mass is 605 g/mol. The fourth-order valence-corrected chi connectivity index (χ4v) is 5.24. The minimum Gasteiger partial charge on any atom is -0.488 e. The highest BCUT2D eigenvalue weighted by molar-refractivity contribution is 9.10. The van der Waals surface area contributed by atoms with Crippen LogP contribution in [0.2, 0.25) is 0 Å². The van der Waals surface area contributed by atoms with Crippen LogP contribution in [0.3, 0.4) is 0 Å². The Labute approximate surface area is 237 Å². The molecule has 0 aliphatic carbocycles. The normalized spacial score (nSPS) is 12.3. The molecule has 9 heteroatoms. The molecule has 0 bridgehead atoms. The number of amides is 1. The van der Waals surface area contributed by atoms with Crippen molar-refractivity contribution in [1.82, 2.24) is 10.1 Å². The summed E-state index contributed by atoms with van der Waals surface area (Å²) in [6, 6.07) is 29.9. The highest BCUT2D eigenvalue weighted by Crippen LogP contribution is 2.21. The minimum atomic E-state index is -3.86. The molecule has 0 radical (unpaired) electrons. The van der Waals surface area contributed by atoms with Crippen LogP contribution in [-0.4, -0.2) is 20.5 Å². The van der Waals surface area contributed by atoms with Gasteiger partial charge >= 0.3 is 0 Å². The molecular formula is C30H28BrN3O4S. The number of halogens is 1. The molecule has 1 amide bonds. The van der Waals surface area contributed by atoms with Crippen LogP contribution in [0.25, 0.3) is 0 Å². The molecule has 4 aromatic carbocycles. The van der Waals surface area contributed by atoms with Crippen molar-refractivity contribution >= 4 is 38.1 Å². The maximum absolute atomic E-state index is 13.0. The number of hydrogen-bond donors (Lipinski definition) is 2. The summed E-state index contributed by atoms with van der Waals surface area (Å²) < 4.78 is 35.7. The highest BCUT2D eigenvalue weighted by Gasteiger charge is 2.23. The predicted molar refractivity (Wildman–Crippen MR) is 156 cm³/mol. The van der Waals surface area contributed by atoms with E-state index in [2.05, 4.69) is 31.2 Å². The van der Waals surface area contributed by atoms with Gasteiger partial charge in [0.1, 0.15) is 12.4 Å². The Morgan fingerprint density at radius 1 is 0.923 bits per heavy atom. The number of sulfonamides is 1. The Morgan fingerprint density at radius 2 is 1.59 bits per heavy atom. The van der Waals surface area contributed by atoms with Crippen LogP contribution in [0.4, 0.5) is 0 Å². The van der Waals surface area contributed by atoms with E-state index in [1.807, 2.05) is 61.5 Å². The first-order valence-corrected chi connectivity index (χ1v) is 14.5. The van der Waals surface area contributed by atoms with Crippen molar-refractivity contribution in [3.63, 3.8) is 0 Å². The van der Waals surface area contributed by atoms with Gasteiger partial charge in [0.2, 0.25) is 15.9 Å².